The van der Waals surface area contributed by atoms with Crippen molar-refractivity contribution in [1.29, 1.82) is 0 Å². The molecule has 0 aliphatic heterocycles. The van der Waals surface area contributed by atoms with Crippen LogP contribution in [-0.2, 0) is 4.79 Å². The molecule has 3 nitrogen and oxygen atoms in total. The van der Waals surface area contributed by atoms with Crippen LogP contribution in [-0.4, -0.2) is 18.6 Å². The van der Waals surface area contributed by atoms with Crippen LogP contribution in [0.3, 0.4) is 0 Å². The number of thioether (sulfide) groups is 1. The first-order valence-electron chi connectivity index (χ1n) is 5.20. The summed E-state index contributed by atoms with van der Waals surface area (Å²) in [6.45, 7) is 3.80. The van der Waals surface area contributed by atoms with E-state index in [0.29, 0.717) is 11.2 Å². The molecule has 0 atom stereocenters. The third kappa shape index (κ3) is 7.36. The minimum Gasteiger partial charge on any atom is -0.350 e. The number of amides is 1. The minimum atomic E-state index is -0.255. The summed E-state index contributed by atoms with van der Waals surface area (Å²) in [5.74, 6) is 0. The SMILES string of the molecule is C\C=C/C=C(\C=C/C)/C=C(/C=O)SC(=O)NC. The molecule has 0 aliphatic rings. The maximum Gasteiger partial charge on any atom is 0.283 e. The van der Waals surface area contributed by atoms with Crippen LogP contribution < -0.4 is 5.32 Å². The van der Waals surface area contributed by atoms with Crippen LogP contribution in [0.15, 0.2) is 46.9 Å². The molecule has 0 radical (unpaired) electrons. The number of nitrogens with one attached hydrogen (secondary N) is 1. The molecule has 0 unspecified atom stereocenters. The molecule has 0 aliphatic carbocycles. The Morgan fingerprint density at radius 1 is 1.24 bits per heavy atom. The van der Waals surface area contributed by atoms with Gasteiger partial charge in [0.15, 0.2) is 6.29 Å². The molecule has 0 saturated heterocycles. The lowest BCUT2D eigenvalue weighted by Gasteiger charge is -1.99. The van der Waals surface area contributed by atoms with E-state index in [2.05, 4.69) is 5.32 Å². The Morgan fingerprint density at radius 2 is 1.94 bits per heavy atom. The van der Waals surface area contributed by atoms with Crippen LogP contribution in [0.4, 0.5) is 4.79 Å². The molecule has 4 heteroatoms. The van der Waals surface area contributed by atoms with Gasteiger partial charge >= 0.3 is 0 Å². The Balaban J connectivity index is 4.98. The summed E-state index contributed by atoms with van der Waals surface area (Å²) in [4.78, 5) is 22.3. The predicted molar refractivity (Wildman–Crippen MR) is 73.9 cm³/mol. The van der Waals surface area contributed by atoms with Crippen molar-refractivity contribution < 1.29 is 9.59 Å². The summed E-state index contributed by atoms with van der Waals surface area (Å²) < 4.78 is 0. The lowest BCUT2D eigenvalue weighted by atomic mass is 10.2. The highest BCUT2D eigenvalue weighted by atomic mass is 32.2. The van der Waals surface area contributed by atoms with E-state index in [1.807, 2.05) is 44.2 Å². The first kappa shape index (κ1) is 15.4. The van der Waals surface area contributed by atoms with Gasteiger partial charge in [0.2, 0.25) is 0 Å². The van der Waals surface area contributed by atoms with Crippen LogP contribution in [0.2, 0.25) is 0 Å². The maximum atomic E-state index is 11.1. The van der Waals surface area contributed by atoms with Crippen molar-refractivity contribution in [2.24, 2.45) is 0 Å². The van der Waals surface area contributed by atoms with Crippen LogP contribution >= 0.6 is 11.8 Å². The number of allylic oxidation sites excluding steroid dienone is 8. The molecule has 0 spiro atoms. The Hall–Kier alpha value is -1.55. The Kier molecular flexibility index (Phi) is 8.78. The largest absolute Gasteiger partial charge is 0.350 e. The summed E-state index contributed by atoms with van der Waals surface area (Å²) >= 11 is 0.877. The first-order chi connectivity index (χ1) is 8.17. The zero-order valence-electron chi connectivity index (χ0n) is 10.3. The molecule has 0 bridgehead atoms. The molecule has 0 rings (SSSR count). The van der Waals surface area contributed by atoms with Crippen LogP contribution in [0.25, 0.3) is 0 Å². The van der Waals surface area contributed by atoms with E-state index in [4.69, 9.17) is 0 Å². The van der Waals surface area contributed by atoms with Gasteiger partial charge < -0.3 is 5.32 Å². The van der Waals surface area contributed by atoms with Crippen LogP contribution in [0.5, 0.6) is 0 Å². The van der Waals surface area contributed by atoms with Crippen molar-refractivity contribution in [2.45, 2.75) is 13.8 Å². The van der Waals surface area contributed by atoms with Gasteiger partial charge in [-0.3, -0.25) is 9.59 Å². The lowest BCUT2D eigenvalue weighted by Crippen LogP contribution is -2.11. The molecule has 0 fully saturated rings. The number of hydrogen-bond donors (Lipinski definition) is 1. The van der Waals surface area contributed by atoms with E-state index in [-0.39, 0.29) is 5.24 Å². The van der Waals surface area contributed by atoms with Crippen LogP contribution in [0, 0.1) is 0 Å². The Morgan fingerprint density at radius 3 is 2.41 bits per heavy atom. The lowest BCUT2D eigenvalue weighted by molar-refractivity contribution is -0.104. The summed E-state index contributed by atoms with van der Waals surface area (Å²) in [5, 5.41) is 2.20. The highest BCUT2D eigenvalue weighted by Crippen LogP contribution is 2.16. The van der Waals surface area contributed by atoms with Gasteiger partial charge in [-0.1, -0.05) is 30.4 Å². The van der Waals surface area contributed by atoms with Gasteiger partial charge in [-0.2, -0.15) is 0 Å². The molecular weight excluding hydrogens is 234 g/mol. The van der Waals surface area contributed by atoms with Crippen molar-refractivity contribution in [1.82, 2.24) is 5.32 Å². The van der Waals surface area contributed by atoms with Gasteiger partial charge in [-0.25, -0.2) is 0 Å². The van der Waals surface area contributed by atoms with Crippen molar-refractivity contribution in [3.8, 4) is 0 Å². The third-order valence-corrected chi connectivity index (χ3v) is 2.52. The van der Waals surface area contributed by atoms with E-state index >= 15 is 0 Å². The second-order valence-corrected chi connectivity index (χ2v) is 4.04. The summed E-state index contributed by atoms with van der Waals surface area (Å²) in [5.41, 5.74) is 0.865. The van der Waals surface area contributed by atoms with Crippen molar-refractivity contribution in [3.05, 3.63) is 46.9 Å². The van der Waals surface area contributed by atoms with Gasteiger partial charge in [-0.05, 0) is 37.3 Å². The number of aldehydes is 1. The van der Waals surface area contributed by atoms with E-state index < -0.39 is 0 Å². The average molecular weight is 251 g/mol. The van der Waals surface area contributed by atoms with Gasteiger partial charge in [0.1, 0.15) is 0 Å². The van der Waals surface area contributed by atoms with E-state index in [1.54, 1.807) is 6.08 Å². The van der Waals surface area contributed by atoms with Crippen molar-refractivity contribution >= 4 is 23.3 Å². The number of carbonyl (C=O) groups is 2. The molecule has 0 aromatic rings. The van der Waals surface area contributed by atoms with Gasteiger partial charge in [0.25, 0.3) is 5.24 Å². The number of carbonyl (C=O) groups excluding carboxylic acids is 2. The summed E-state index contributed by atoms with van der Waals surface area (Å²) in [6, 6.07) is 0. The molecule has 1 N–H and O–H groups in total. The van der Waals surface area contributed by atoms with Crippen molar-refractivity contribution in [2.75, 3.05) is 7.05 Å². The normalized spacial score (nSPS) is 13.4. The van der Waals surface area contributed by atoms with Crippen molar-refractivity contribution in [3.63, 3.8) is 0 Å². The van der Waals surface area contributed by atoms with Gasteiger partial charge in [-0.15, -0.1) is 0 Å². The fourth-order valence-electron chi connectivity index (χ4n) is 0.961. The predicted octanol–water partition coefficient (Wildman–Crippen LogP) is 3.22. The smallest absolute Gasteiger partial charge is 0.283 e. The summed E-state index contributed by atoms with van der Waals surface area (Å²) in [6.07, 6.45) is 11.7. The molecule has 92 valence electrons. The van der Waals surface area contributed by atoms with Gasteiger partial charge in [0, 0.05) is 7.05 Å². The molecule has 0 heterocycles. The minimum absolute atomic E-state index is 0.255. The molecular formula is C13H17NO2S. The Bertz CT molecular complexity index is 379. The highest BCUT2D eigenvalue weighted by Gasteiger charge is 2.04. The van der Waals surface area contributed by atoms with Gasteiger partial charge in [0.05, 0.1) is 4.91 Å². The van der Waals surface area contributed by atoms with Crippen LogP contribution in [0.1, 0.15) is 13.8 Å². The zero-order valence-corrected chi connectivity index (χ0v) is 11.1. The zero-order chi connectivity index (χ0) is 13.1. The molecule has 0 saturated carbocycles. The quantitative estimate of drug-likeness (QED) is 0.463. The highest BCUT2D eigenvalue weighted by molar-refractivity contribution is 8.17. The number of hydrogen-bond acceptors (Lipinski definition) is 3. The summed E-state index contributed by atoms with van der Waals surface area (Å²) in [7, 11) is 1.53. The van der Waals surface area contributed by atoms with E-state index in [9.17, 15) is 9.59 Å². The molecule has 17 heavy (non-hydrogen) atoms. The second-order valence-electron chi connectivity index (χ2n) is 3.00. The van der Waals surface area contributed by atoms with E-state index in [0.717, 1.165) is 17.3 Å². The topological polar surface area (TPSA) is 46.2 Å². The second kappa shape index (κ2) is 9.66. The third-order valence-electron chi connectivity index (χ3n) is 1.68. The standard InChI is InChI=1S/C13H17NO2S/c1-4-6-8-11(7-5-2)9-12(10-15)17-13(16)14-3/h4-10H,1-3H3,(H,14,16)/b6-4-,7-5-,11-8+,12-9-. The molecule has 1 amide bonds. The first-order valence-corrected chi connectivity index (χ1v) is 6.01. The average Bonchev–Trinajstić information content (AvgIpc) is 2.34. The number of rotatable bonds is 5. The fraction of sp³-hybridized carbons (Fsp3) is 0.231. The molecule has 0 aromatic carbocycles. The maximum absolute atomic E-state index is 11.1. The molecule has 0 aromatic heterocycles. The fourth-order valence-corrected chi connectivity index (χ4v) is 1.52. The Labute approximate surface area is 106 Å². The monoisotopic (exact) mass is 251 g/mol. The van der Waals surface area contributed by atoms with E-state index in [1.165, 1.54) is 7.05 Å².